The summed E-state index contributed by atoms with van der Waals surface area (Å²) >= 11 is 0. The van der Waals surface area contributed by atoms with Crippen LogP contribution < -0.4 is 0 Å². The van der Waals surface area contributed by atoms with Gasteiger partial charge in [0.05, 0.1) is 0 Å². The molecule has 0 rings (SSSR count). The Labute approximate surface area is 114 Å². The number of hydrogen-bond donors (Lipinski definition) is 0. The third-order valence-corrected chi connectivity index (χ3v) is 1.45. The zero-order valence-corrected chi connectivity index (χ0v) is 11.5. The molecule has 0 saturated carbocycles. The van der Waals surface area contributed by atoms with Crippen LogP contribution in [0.2, 0.25) is 0 Å². The van der Waals surface area contributed by atoms with Crippen molar-refractivity contribution in [2.24, 2.45) is 0 Å². The van der Waals surface area contributed by atoms with Gasteiger partial charge in [0.25, 0.3) is 0 Å². The Morgan fingerprint density at radius 1 is 0.846 bits per heavy atom. The van der Waals surface area contributed by atoms with Gasteiger partial charge in [-0.2, -0.15) is 0 Å². The van der Waals surface area contributed by atoms with Crippen molar-refractivity contribution in [3.8, 4) is 0 Å². The van der Waals surface area contributed by atoms with Crippen molar-refractivity contribution in [3.05, 3.63) is 25.3 Å². The van der Waals surface area contributed by atoms with Gasteiger partial charge in [0.2, 0.25) is 0 Å². The fourth-order valence-electron chi connectivity index (χ4n) is 0.644. The van der Waals surface area contributed by atoms with Crippen LogP contribution in [0, 0.1) is 13.2 Å². The SMILES string of the molecule is [CH-]=CCCCC.[CH-]=CCCCC.[Ca+2]. The summed E-state index contributed by atoms with van der Waals surface area (Å²) in [5, 5.41) is 0. The Morgan fingerprint density at radius 2 is 1.15 bits per heavy atom. The minimum Gasteiger partial charge on any atom is -0.518 e. The predicted octanol–water partition coefficient (Wildman–Crippen LogP) is 3.95. The number of rotatable bonds is 6. The van der Waals surface area contributed by atoms with Gasteiger partial charge in [0.1, 0.15) is 0 Å². The Bertz CT molecular complexity index is 75.1. The standard InChI is InChI=1S/2C6H11.Ca/c2*1-3-5-6-4-2;/h2*1,3H,4-6H2,2H3;/q2*-1;+2. The molecule has 0 N–H and O–H groups in total. The molecule has 13 heavy (non-hydrogen) atoms. The minimum atomic E-state index is 0. The molecule has 0 bridgehead atoms. The first-order valence-electron chi connectivity index (χ1n) is 4.90. The second-order valence-corrected chi connectivity index (χ2v) is 2.76. The average Bonchev–Trinajstić information content (AvgIpc) is 2.12. The fourth-order valence-corrected chi connectivity index (χ4v) is 0.644. The van der Waals surface area contributed by atoms with Gasteiger partial charge in [0.15, 0.2) is 0 Å². The van der Waals surface area contributed by atoms with E-state index < -0.39 is 0 Å². The van der Waals surface area contributed by atoms with E-state index >= 15 is 0 Å². The molecule has 1 heteroatoms. The molecule has 0 amide bonds. The van der Waals surface area contributed by atoms with Gasteiger partial charge in [-0.25, -0.2) is 0 Å². The summed E-state index contributed by atoms with van der Waals surface area (Å²) in [5.41, 5.74) is 0. The summed E-state index contributed by atoms with van der Waals surface area (Å²) < 4.78 is 0. The van der Waals surface area contributed by atoms with Crippen molar-refractivity contribution in [2.75, 3.05) is 0 Å². The first-order valence-corrected chi connectivity index (χ1v) is 4.90. The maximum absolute atomic E-state index is 5.09. The smallest absolute Gasteiger partial charge is 0.518 e. The van der Waals surface area contributed by atoms with Crippen molar-refractivity contribution in [3.63, 3.8) is 0 Å². The van der Waals surface area contributed by atoms with Gasteiger partial charge in [-0.1, -0.05) is 52.4 Å². The minimum absolute atomic E-state index is 0. The molecule has 0 nitrogen and oxygen atoms in total. The molecule has 0 aromatic heterocycles. The fraction of sp³-hybridized carbons (Fsp3) is 0.667. The largest absolute Gasteiger partial charge is 2.00 e. The summed E-state index contributed by atoms with van der Waals surface area (Å²) in [7, 11) is 0. The van der Waals surface area contributed by atoms with Crippen molar-refractivity contribution in [2.45, 2.75) is 52.4 Å². The quantitative estimate of drug-likeness (QED) is 0.351. The van der Waals surface area contributed by atoms with Crippen molar-refractivity contribution in [1.82, 2.24) is 0 Å². The summed E-state index contributed by atoms with van der Waals surface area (Å²) in [6.07, 6.45) is 10.5. The van der Waals surface area contributed by atoms with Crippen LogP contribution in [0.3, 0.4) is 0 Å². The predicted molar refractivity (Wildman–Crippen MR) is 62.5 cm³/mol. The van der Waals surface area contributed by atoms with Gasteiger partial charge < -0.3 is 13.2 Å². The first-order chi connectivity index (χ1) is 5.83. The Morgan fingerprint density at radius 3 is 1.23 bits per heavy atom. The first kappa shape index (κ1) is 19.3. The van der Waals surface area contributed by atoms with Crippen molar-refractivity contribution < 1.29 is 0 Å². The third-order valence-electron chi connectivity index (χ3n) is 1.45. The molecular formula is C12H22Ca. The number of hydrogen-bond acceptors (Lipinski definition) is 0. The number of allylic oxidation sites excluding steroid dienone is 2. The van der Waals surface area contributed by atoms with E-state index in [0.29, 0.717) is 0 Å². The summed E-state index contributed by atoms with van der Waals surface area (Å²) in [6, 6.07) is 0. The molecule has 0 atom stereocenters. The van der Waals surface area contributed by atoms with Crippen LogP contribution in [0.25, 0.3) is 0 Å². The normalized spacial score (nSPS) is 7.54. The Balaban J connectivity index is -0.000000143. The second kappa shape index (κ2) is 23.0. The van der Waals surface area contributed by atoms with E-state index in [1.54, 1.807) is 12.2 Å². The van der Waals surface area contributed by atoms with Crippen LogP contribution in [-0.2, 0) is 0 Å². The van der Waals surface area contributed by atoms with E-state index in [1.807, 2.05) is 0 Å². The topological polar surface area (TPSA) is 0 Å². The molecule has 0 aromatic carbocycles. The zero-order chi connectivity index (χ0) is 9.66. The molecule has 0 aromatic rings. The van der Waals surface area contributed by atoms with Gasteiger partial charge in [-0.3, -0.25) is 12.2 Å². The van der Waals surface area contributed by atoms with E-state index in [2.05, 4.69) is 13.8 Å². The molecule has 0 heterocycles. The molecule has 0 spiro atoms. The molecule has 0 unspecified atom stereocenters. The van der Waals surface area contributed by atoms with Crippen molar-refractivity contribution >= 4 is 37.7 Å². The molecular weight excluding hydrogens is 184 g/mol. The molecule has 0 aliphatic carbocycles. The summed E-state index contributed by atoms with van der Waals surface area (Å²) in [5.74, 6) is 0. The van der Waals surface area contributed by atoms with E-state index in [4.69, 9.17) is 13.2 Å². The molecule has 0 saturated heterocycles. The van der Waals surface area contributed by atoms with Gasteiger partial charge in [-0.15, -0.1) is 0 Å². The van der Waals surface area contributed by atoms with Gasteiger partial charge in [-0.05, 0) is 0 Å². The third kappa shape index (κ3) is 32.3. The zero-order valence-electron chi connectivity index (χ0n) is 9.26. The molecule has 72 valence electrons. The number of unbranched alkanes of at least 4 members (excludes halogenated alkanes) is 4. The average molecular weight is 206 g/mol. The monoisotopic (exact) mass is 206 g/mol. The Hall–Kier alpha value is 0.740. The Kier molecular flexibility index (Phi) is 34.2. The molecule has 0 aliphatic rings. The molecule has 0 aliphatic heterocycles. The van der Waals surface area contributed by atoms with E-state index in [1.165, 1.54) is 25.7 Å². The van der Waals surface area contributed by atoms with Crippen molar-refractivity contribution in [1.29, 1.82) is 0 Å². The van der Waals surface area contributed by atoms with E-state index in [0.717, 1.165) is 12.8 Å². The van der Waals surface area contributed by atoms with Crippen LogP contribution >= 0.6 is 0 Å². The summed E-state index contributed by atoms with van der Waals surface area (Å²) in [4.78, 5) is 0. The van der Waals surface area contributed by atoms with E-state index in [-0.39, 0.29) is 37.7 Å². The molecule has 0 radical (unpaired) electrons. The van der Waals surface area contributed by atoms with Gasteiger partial charge in [0, 0.05) is 0 Å². The van der Waals surface area contributed by atoms with Crippen LogP contribution in [0.5, 0.6) is 0 Å². The van der Waals surface area contributed by atoms with Crippen LogP contribution in [0.15, 0.2) is 12.2 Å². The van der Waals surface area contributed by atoms with Gasteiger partial charge >= 0.3 is 37.7 Å². The maximum atomic E-state index is 5.09. The second-order valence-electron chi connectivity index (χ2n) is 2.76. The van der Waals surface area contributed by atoms with Crippen LogP contribution in [0.4, 0.5) is 0 Å². The van der Waals surface area contributed by atoms with E-state index in [9.17, 15) is 0 Å². The maximum Gasteiger partial charge on any atom is 2.00 e. The molecule has 0 fully saturated rings. The van der Waals surface area contributed by atoms with Crippen LogP contribution in [0.1, 0.15) is 52.4 Å². The summed E-state index contributed by atoms with van der Waals surface area (Å²) in [6.45, 7) is 14.5. The van der Waals surface area contributed by atoms with Crippen LogP contribution in [-0.4, -0.2) is 37.7 Å².